The zero-order valence-electron chi connectivity index (χ0n) is 18.6. The zero-order valence-corrected chi connectivity index (χ0v) is 15.6. The normalized spacial score (nSPS) is 16.6. The van der Waals surface area contributed by atoms with Gasteiger partial charge in [-0.05, 0) is 60.1 Å². The summed E-state index contributed by atoms with van der Waals surface area (Å²) in [4.78, 5) is 0. The molecule has 0 N–H and O–H groups in total. The predicted molar refractivity (Wildman–Crippen MR) is 105 cm³/mol. The Balaban J connectivity index is 1.94. The molecule has 1 nitrogen and oxygen atoms in total. The largest absolute Gasteiger partial charge is 0.212 e. The topological polar surface area (TPSA) is 3.88 Å². The molecule has 0 spiro atoms. The van der Waals surface area contributed by atoms with Crippen LogP contribution in [0.25, 0.3) is 22.4 Å². The molecule has 1 aliphatic rings. The highest BCUT2D eigenvalue weighted by atomic mass is 14.9. The van der Waals surface area contributed by atoms with Crippen LogP contribution >= 0.6 is 0 Å². The summed E-state index contributed by atoms with van der Waals surface area (Å²) in [7, 11) is 1.93. The molecular formula is C24H26N+. The lowest BCUT2D eigenvalue weighted by Gasteiger charge is -2.22. The summed E-state index contributed by atoms with van der Waals surface area (Å²) >= 11 is 0. The summed E-state index contributed by atoms with van der Waals surface area (Å²) < 4.78 is 25.3. The molecule has 126 valence electrons. The highest BCUT2D eigenvalue weighted by molar-refractivity contribution is 5.84. The van der Waals surface area contributed by atoms with Gasteiger partial charge in [0, 0.05) is 26.7 Å². The molecule has 0 atom stereocenters. The van der Waals surface area contributed by atoms with Crippen LogP contribution in [0.4, 0.5) is 0 Å². The first-order valence-electron chi connectivity index (χ1n) is 10.3. The van der Waals surface area contributed by atoms with E-state index in [2.05, 4.69) is 57.2 Å². The van der Waals surface area contributed by atoms with Crippen molar-refractivity contribution < 1.29 is 8.68 Å². The monoisotopic (exact) mass is 331 g/mol. The van der Waals surface area contributed by atoms with Crippen LogP contribution in [-0.4, -0.2) is 0 Å². The second kappa shape index (κ2) is 5.29. The van der Waals surface area contributed by atoms with Crippen LogP contribution in [0.1, 0.15) is 45.8 Å². The fourth-order valence-corrected chi connectivity index (χ4v) is 4.15. The Morgan fingerprint density at radius 2 is 1.60 bits per heavy atom. The van der Waals surface area contributed by atoms with Gasteiger partial charge in [-0.3, -0.25) is 0 Å². The Morgan fingerprint density at radius 1 is 0.840 bits per heavy atom. The molecule has 1 aliphatic carbocycles. The number of aromatic nitrogens is 1. The molecule has 1 aromatic heterocycles. The van der Waals surface area contributed by atoms with Gasteiger partial charge in [0.25, 0.3) is 0 Å². The third-order valence-electron chi connectivity index (χ3n) is 5.69. The van der Waals surface area contributed by atoms with E-state index in [0.29, 0.717) is 5.56 Å². The van der Waals surface area contributed by atoms with Crippen molar-refractivity contribution in [1.82, 2.24) is 0 Å². The molecule has 0 fully saturated rings. The Hall–Kier alpha value is -2.41. The van der Waals surface area contributed by atoms with Crippen molar-refractivity contribution in [2.24, 2.45) is 7.05 Å². The second-order valence-corrected chi connectivity index (χ2v) is 7.75. The maximum Gasteiger partial charge on any atom is 0.212 e. The lowest BCUT2D eigenvalue weighted by molar-refractivity contribution is -0.660. The van der Waals surface area contributed by atoms with Gasteiger partial charge in [0.2, 0.25) is 5.69 Å². The lowest BCUT2D eigenvalue weighted by Crippen LogP contribution is -2.31. The number of pyridine rings is 1. The summed E-state index contributed by atoms with van der Waals surface area (Å²) in [5.41, 5.74) is 9.85. The minimum atomic E-state index is -2.10. The van der Waals surface area contributed by atoms with E-state index in [1.54, 1.807) is 6.20 Å². The lowest BCUT2D eigenvalue weighted by atomic mass is 9.81. The van der Waals surface area contributed by atoms with E-state index >= 15 is 0 Å². The van der Waals surface area contributed by atoms with Gasteiger partial charge in [0.15, 0.2) is 6.20 Å². The molecule has 0 saturated heterocycles. The first-order valence-corrected chi connectivity index (χ1v) is 8.78. The zero-order chi connectivity index (χ0) is 20.4. The molecular weight excluding hydrogens is 302 g/mol. The van der Waals surface area contributed by atoms with Gasteiger partial charge in [-0.2, -0.15) is 0 Å². The Kier molecular flexibility index (Phi) is 2.73. The number of rotatable bonds is 1. The number of hydrogen-bond donors (Lipinski definition) is 0. The Labute approximate surface area is 155 Å². The van der Waals surface area contributed by atoms with Crippen LogP contribution < -0.4 is 4.57 Å². The van der Waals surface area contributed by atoms with Gasteiger partial charge in [0.1, 0.15) is 7.05 Å². The standard InChI is InChI=1S/C24H26N/c1-15-12-23(25(6)14-17(15)3)19-13-22-20(11-16(19)2)18-9-7-8-10-21(18)24(22,4)5/h7-14H,1-6H3/q+1/i3D3. The third-order valence-corrected chi connectivity index (χ3v) is 5.69. The molecule has 1 heterocycles. The predicted octanol–water partition coefficient (Wildman–Crippen LogP) is 5.41. The van der Waals surface area contributed by atoms with Crippen molar-refractivity contribution in [3.63, 3.8) is 0 Å². The Morgan fingerprint density at radius 3 is 2.36 bits per heavy atom. The van der Waals surface area contributed by atoms with Crippen molar-refractivity contribution in [1.29, 1.82) is 0 Å². The van der Waals surface area contributed by atoms with Crippen LogP contribution in [0.5, 0.6) is 0 Å². The van der Waals surface area contributed by atoms with Gasteiger partial charge in [0.05, 0.1) is 0 Å². The SMILES string of the molecule is [2H]C([2H])([2H])c1c[n+](C)c(-c2cc3c(cc2C)-c2ccccc2C3(C)C)cc1C. The van der Waals surface area contributed by atoms with Gasteiger partial charge < -0.3 is 0 Å². The number of aryl methyl sites for hydroxylation is 4. The van der Waals surface area contributed by atoms with E-state index in [-0.39, 0.29) is 5.41 Å². The van der Waals surface area contributed by atoms with Gasteiger partial charge in [-0.15, -0.1) is 0 Å². The molecule has 2 aromatic carbocycles. The van der Waals surface area contributed by atoms with Crippen LogP contribution in [0.15, 0.2) is 48.7 Å². The van der Waals surface area contributed by atoms with E-state index in [0.717, 1.165) is 16.8 Å². The van der Waals surface area contributed by atoms with Gasteiger partial charge >= 0.3 is 0 Å². The van der Waals surface area contributed by atoms with Crippen molar-refractivity contribution >= 4 is 0 Å². The number of nitrogens with zero attached hydrogens (tertiary/aromatic N) is 1. The van der Waals surface area contributed by atoms with Crippen molar-refractivity contribution in [3.8, 4) is 22.4 Å². The number of benzene rings is 2. The quantitative estimate of drug-likeness (QED) is 0.525. The summed E-state index contributed by atoms with van der Waals surface area (Å²) in [5, 5.41) is 0. The molecule has 0 amide bonds. The second-order valence-electron chi connectivity index (χ2n) is 7.75. The molecule has 0 unspecified atom stereocenters. The van der Waals surface area contributed by atoms with Crippen LogP contribution in [-0.2, 0) is 12.5 Å². The van der Waals surface area contributed by atoms with E-state index in [1.165, 1.54) is 27.8 Å². The van der Waals surface area contributed by atoms with E-state index in [9.17, 15) is 0 Å². The first kappa shape index (κ1) is 12.9. The molecule has 0 radical (unpaired) electrons. The average molecular weight is 331 g/mol. The summed E-state index contributed by atoms with van der Waals surface area (Å²) in [6.07, 6.45) is 1.75. The first-order chi connectivity index (χ1) is 13.0. The molecule has 0 bridgehead atoms. The highest BCUT2D eigenvalue weighted by Gasteiger charge is 2.36. The summed E-state index contributed by atoms with van der Waals surface area (Å²) in [5.74, 6) is 0. The van der Waals surface area contributed by atoms with Crippen LogP contribution in [0, 0.1) is 20.7 Å². The fourth-order valence-electron chi connectivity index (χ4n) is 4.15. The molecule has 3 aromatic rings. The fraction of sp³-hybridized carbons (Fsp3) is 0.292. The number of hydrogen-bond acceptors (Lipinski definition) is 0. The molecule has 0 aliphatic heterocycles. The minimum absolute atomic E-state index is 0.0549. The molecule has 4 rings (SSSR count). The molecule has 25 heavy (non-hydrogen) atoms. The smallest absolute Gasteiger partial charge is 0.201 e. The molecule has 1 heteroatoms. The van der Waals surface area contributed by atoms with Crippen molar-refractivity contribution in [3.05, 3.63) is 76.5 Å². The number of fused-ring (bicyclic) bond motifs is 3. The van der Waals surface area contributed by atoms with Crippen LogP contribution in [0.2, 0.25) is 0 Å². The molecule has 0 saturated carbocycles. The summed E-state index contributed by atoms with van der Waals surface area (Å²) in [6.45, 7) is 6.47. The maximum absolute atomic E-state index is 7.77. The van der Waals surface area contributed by atoms with Crippen LogP contribution in [0.3, 0.4) is 0 Å². The maximum atomic E-state index is 7.77. The summed E-state index contributed by atoms with van der Waals surface area (Å²) in [6, 6.07) is 15.2. The van der Waals surface area contributed by atoms with Crippen molar-refractivity contribution in [2.75, 3.05) is 0 Å². The third kappa shape index (κ3) is 2.26. The highest BCUT2D eigenvalue weighted by Crippen LogP contribution is 2.50. The van der Waals surface area contributed by atoms with Crippen molar-refractivity contribution in [2.45, 2.75) is 40.0 Å². The van der Waals surface area contributed by atoms with E-state index in [1.807, 2.05) is 24.6 Å². The van der Waals surface area contributed by atoms with E-state index in [4.69, 9.17) is 4.11 Å². The minimum Gasteiger partial charge on any atom is -0.201 e. The Bertz CT molecular complexity index is 1110. The van der Waals surface area contributed by atoms with E-state index < -0.39 is 6.85 Å². The average Bonchev–Trinajstić information content (AvgIpc) is 2.83. The van der Waals surface area contributed by atoms with Gasteiger partial charge in [-0.25, -0.2) is 4.57 Å². The van der Waals surface area contributed by atoms with Gasteiger partial charge in [-0.1, -0.05) is 44.2 Å².